The maximum Gasteiger partial charge on any atom is 0.180 e. The molecule has 0 aliphatic rings. The zero-order valence-corrected chi connectivity index (χ0v) is 7.21. The van der Waals surface area contributed by atoms with Crippen LogP contribution < -0.4 is 0 Å². The Bertz CT molecular complexity index is 328. The summed E-state index contributed by atoms with van der Waals surface area (Å²) in [6.07, 6.45) is -0.0945. The molecule has 1 aromatic carbocycles. The fourth-order valence-electron chi connectivity index (χ4n) is 0.924. The Hall–Kier alpha value is -0.740. The van der Waals surface area contributed by atoms with Gasteiger partial charge in [0, 0.05) is 6.61 Å². The average molecular weight is 211 g/mol. The Morgan fingerprint density at radius 3 is 2.38 bits per heavy atom. The van der Waals surface area contributed by atoms with Crippen molar-refractivity contribution >= 4 is 11.6 Å². The van der Waals surface area contributed by atoms with E-state index in [2.05, 4.69) is 0 Å². The van der Waals surface area contributed by atoms with Crippen LogP contribution in [0.25, 0.3) is 0 Å². The molecule has 0 atom stereocenters. The van der Waals surface area contributed by atoms with Gasteiger partial charge < -0.3 is 5.11 Å². The van der Waals surface area contributed by atoms with Crippen LogP contribution >= 0.6 is 11.6 Å². The molecule has 0 aliphatic carbocycles. The first-order chi connectivity index (χ1) is 6.07. The summed E-state index contributed by atoms with van der Waals surface area (Å²) in [5.74, 6) is -3.63. The van der Waals surface area contributed by atoms with Crippen LogP contribution in [0.1, 0.15) is 5.56 Å². The molecule has 1 aromatic rings. The van der Waals surface area contributed by atoms with Crippen LogP contribution in [0.4, 0.5) is 13.2 Å². The Balaban J connectivity index is 3.24. The van der Waals surface area contributed by atoms with Crippen LogP contribution in [0, 0.1) is 17.5 Å². The Morgan fingerprint density at radius 2 is 1.85 bits per heavy atom. The SMILES string of the molecule is OCCc1cc(F)c(F)c(Cl)c1F. The van der Waals surface area contributed by atoms with Crippen molar-refractivity contribution in [2.75, 3.05) is 6.61 Å². The molecule has 0 fully saturated rings. The fraction of sp³-hybridized carbons (Fsp3) is 0.250. The van der Waals surface area contributed by atoms with E-state index in [4.69, 9.17) is 16.7 Å². The number of hydrogen-bond donors (Lipinski definition) is 1. The quantitative estimate of drug-likeness (QED) is 0.587. The van der Waals surface area contributed by atoms with Crippen molar-refractivity contribution in [1.29, 1.82) is 0 Å². The molecule has 0 unspecified atom stereocenters. The molecule has 13 heavy (non-hydrogen) atoms. The van der Waals surface area contributed by atoms with E-state index in [1.807, 2.05) is 0 Å². The molecule has 0 bridgehead atoms. The van der Waals surface area contributed by atoms with Crippen LogP contribution in [-0.2, 0) is 6.42 Å². The number of rotatable bonds is 2. The van der Waals surface area contributed by atoms with Gasteiger partial charge >= 0.3 is 0 Å². The predicted molar refractivity (Wildman–Crippen MR) is 42.1 cm³/mol. The second-order valence-electron chi connectivity index (χ2n) is 2.43. The fourth-order valence-corrected chi connectivity index (χ4v) is 1.14. The van der Waals surface area contributed by atoms with Crippen molar-refractivity contribution in [3.8, 4) is 0 Å². The van der Waals surface area contributed by atoms with Gasteiger partial charge in [0.15, 0.2) is 11.6 Å². The van der Waals surface area contributed by atoms with E-state index in [0.29, 0.717) is 6.07 Å². The van der Waals surface area contributed by atoms with Gasteiger partial charge in [0.1, 0.15) is 10.8 Å². The summed E-state index contributed by atoms with van der Waals surface area (Å²) in [6, 6.07) is 0.687. The summed E-state index contributed by atoms with van der Waals surface area (Å²) in [7, 11) is 0. The summed E-state index contributed by atoms with van der Waals surface area (Å²) in [6.45, 7) is -0.349. The maximum absolute atomic E-state index is 13.0. The van der Waals surface area contributed by atoms with Gasteiger partial charge in [-0.15, -0.1) is 0 Å². The van der Waals surface area contributed by atoms with E-state index >= 15 is 0 Å². The Labute approximate surface area is 77.8 Å². The highest BCUT2D eigenvalue weighted by atomic mass is 35.5. The summed E-state index contributed by atoms with van der Waals surface area (Å²) in [5.41, 5.74) is -0.133. The minimum Gasteiger partial charge on any atom is -0.396 e. The highest BCUT2D eigenvalue weighted by molar-refractivity contribution is 6.31. The molecule has 0 heterocycles. The monoisotopic (exact) mass is 210 g/mol. The molecule has 0 saturated heterocycles. The molecule has 72 valence electrons. The van der Waals surface area contributed by atoms with Gasteiger partial charge in [-0.1, -0.05) is 11.6 Å². The topological polar surface area (TPSA) is 20.2 Å². The molecule has 0 radical (unpaired) electrons. The van der Waals surface area contributed by atoms with E-state index in [-0.39, 0.29) is 18.6 Å². The molecular formula is C8H6ClF3O. The third-order valence-electron chi connectivity index (χ3n) is 1.56. The largest absolute Gasteiger partial charge is 0.396 e. The summed E-state index contributed by atoms with van der Waals surface area (Å²) in [4.78, 5) is 0. The summed E-state index contributed by atoms with van der Waals surface area (Å²) in [5, 5.41) is 7.60. The van der Waals surface area contributed by atoms with E-state index in [9.17, 15) is 13.2 Å². The zero-order chi connectivity index (χ0) is 10.0. The van der Waals surface area contributed by atoms with Crippen LogP contribution in [0.5, 0.6) is 0 Å². The van der Waals surface area contributed by atoms with E-state index in [1.54, 1.807) is 0 Å². The van der Waals surface area contributed by atoms with E-state index in [1.165, 1.54) is 0 Å². The van der Waals surface area contributed by atoms with Crippen molar-refractivity contribution in [2.24, 2.45) is 0 Å². The first-order valence-electron chi connectivity index (χ1n) is 3.50. The van der Waals surface area contributed by atoms with Crippen LogP contribution in [0.3, 0.4) is 0 Å². The second kappa shape index (κ2) is 3.98. The van der Waals surface area contributed by atoms with Crippen molar-refractivity contribution in [1.82, 2.24) is 0 Å². The average Bonchev–Trinajstić information content (AvgIpc) is 2.11. The predicted octanol–water partition coefficient (Wildman–Crippen LogP) is 2.29. The normalized spacial score (nSPS) is 10.5. The molecule has 5 heteroatoms. The van der Waals surface area contributed by atoms with Gasteiger partial charge in [-0.25, -0.2) is 13.2 Å². The molecule has 1 N–H and O–H groups in total. The van der Waals surface area contributed by atoms with Gasteiger partial charge in [-0.05, 0) is 18.1 Å². The summed E-state index contributed by atoms with van der Waals surface area (Å²) >= 11 is 5.15. The van der Waals surface area contributed by atoms with Gasteiger partial charge in [-0.2, -0.15) is 0 Å². The van der Waals surface area contributed by atoms with E-state index in [0.717, 1.165) is 0 Å². The molecule has 0 aromatic heterocycles. The first kappa shape index (κ1) is 10.3. The van der Waals surface area contributed by atoms with Crippen LogP contribution in [-0.4, -0.2) is 11.7 Å². The van der Waals surface area contributed by atoms with Crippen LogP contribution in [0.2, 0.25) is 5.02 Å². The smallest absolute Gasteiger partial charge is 0.180 e. The third kappa shape index (κ3) is 1.95. The lowest BCUT2D eigenvalue weighted by atomic mass is 10.1. The van der Waals surface area contributed by atoms with Crippen molar-refractivity contribution in [2.45, 2.75) is 6.42 Å². The number of aliphatic hydroxyl groups excluding tert-OH is 1. The molecule has 0 spiro atoms. The van der Waals surface area contributed by atoms with Crippen molar-refractivity contribution in [3.05, 3.63) is 34.1 Å². The molecule has 1 nitrogen and oxygen atoms in total. The third-order valence-corrected chi connectivity index (χ3v) is 1.89. The zero-order valence-electron chi connectivity index (χ0n) is 6.45. The number of halogens is 4. The van der Waals surface area contributed by atoms with Gasteiger partial charge in [0.25, 0.3) is 0 Å². The minimum atomic E-state index is -1.40. The van der Waals surface area contributed by atoms with Crippen molar-refractivity contribution < 1.29 is 18.3 Å². The number of hydrogen-bond acceptors (Lipinski definition) is 1. The lowest BCUT2D eigenvalue weighted by molar-refractivity contribution is 0.297. The lowest BCUT2D eigenvalue weighted by Gasteiger charge is -2.04. The molecule has 0 amide bonds. The lowest BCUT2D eigenvalue weighted by Crippen LogP contribution is -2.00. The number of benzene rings is 1. The van der Waals surface area contributed by atoms with E-state index < -0.39 is 22.5 Å². The highest BCUT2D eigenvalue weighted by Gasteiger charge is 2.16. The standard InChI is InChI=1S/C8H6ClF3O/c9-6-7(11)4(1-2-13)3-5(10)8(6)12/h3,13H,1-2H2. The minimum absolute atomic E-state index is 0.0945. The molecule has 0 aliphatic heterocycles. The maximum atomic E-state index is 13.0. The second-order valence-corrected chi connectivity index (χ2v) is 2.81. The molecule has 1 rings (SSSR count). The Morgan fingerprint density at radius 1 is 1.23 bits per heavy atom. The highest BCUT2D eigenvalue weighted by Crippen LogP contribution is 2.24. The van der Waals surface area contributed by atoms with Gasteiger partial charge in [-0.3, -0.25) is 0 Å². The molecular weight excluding hydrogens is 205 g/mol. The number of aliphatic hydroxyl groups is 1. The van der Waals surface area contributed by atoms with Gasteiger partial charge in [0.2, 0.25) is 0 Å². The summed E-state index contributed by atoms with van der Waals surface area (Å²) < 4.78 is 38.2. The first-order valence-corrected chi connectivity index (χ1v) is 3.88. The van der Waals surface area contributed by atoms with Crippen molar-refractivity contribution in [3.63, 3.8) is 0 Å². The van der Waals surface area contributed by atoms with Gasteiger partial charge in [0.05, 0.1) is 0 Å². The van der Waals surface area contributed by atoms with Crippen LogP contribution in [0.15, 0.2) is 6.07 Å². The molecule has 0 saturated carbocycles. The Kier molecular flexibility index (Phi) is 3.17.